The lowest BCUT2D eigenvalue weighted by Crippen LogP contribution is -2.05. The summed E-state index contributed by atoms with van der Waals surface area (Å²) in [7, 11) is 0. The van der Waals surface area contributed by atoms with Crippen LogP contribution in [0, 0.1) is 0 Å². The van der Waals surface area contributed by atoms with Gasteiger partial charge in [-0.1, -0.05) is 35.3 Å². The van der Waals surface area contributed by atoms with Gasteiger partial charge in [-0.15, -0.1) is 0 Å². The van der Waals surface area contributed by atoms with Gasteiger partial charge in [0.2, 0.25) is 0 Å². The minimum absolute atomic E-state index is 0.217. The zero-order valence-corrected chi connectivity index (χ0v) is 13.9. The van der Waals surface area contributed by atoms with Crippen LogP contribution in [-0.2, 0) is 17.4 Å². The normalized spacial score (nSPS) is 11.9. The van der Waals surface area contributed by atoms with Gasteiger partial charge in [0.1, 0.15) is 0 Å². The number of alkyl halides is 3. The third kappa shape index (κ3) is 3.45. The number of carboxylic acids is 1. The number of nitrogens with one attached hydrogen (secondary N) is 1. The van der Waals surface area contributed by atoms with Gasteiger partial charge in [-0.2, -0.15) is 13.2 Å². The molecule has 1 aromatic heterocycles. The Balaban J connectivity index is 2.29. The van der Waals surface area contributed by atoms with E-state index in [9.17, 15) is 23.1 Å². The van der Waals surface area contributed by atoms with E-state index in [2.05, 4.69) is 4.98 Å². The second-order valence-electron chi connectivity index (χ2n) is 5.44. The van der Waals surface area contributed by atoms with Crippen LogP contribution in [-0.4, -0.2) is 16.1 Å². The van der Waals surface area contributed by atoms with Crippen molar-refractivity contribution in [3.8, 4) is 11.3 Å². The number of aromatic nitrogens is 1. The van der Waals surface area contributed by atoms with E-state index in [-0.39, 0.29) is 16.3 Å². The highest BCUT2D eigenvalue weighted by Crippen LogP contribution is 2.38. The largest absolute Gasteiger partial charge is 0.481 e. The molecule has 0 aliphatic heterocycles. The van der Waals surface area contributed by atoms with Crippen LogP contribution in [0.1, 0.15) is 11.1 Å². The Morgan fingerprint density at radius 2 is 1.88 bits per heavy atom. The van der Waals surface area contributed by atoms with E-state index < -0.39 is 24.1 Å². The smallest absolute Gasteiger partial charge is 0.416 e. The van der Waals surface area contributed by atoms with Crippen LogP contribution in [0.3, 0.4) is 0 Å². The van der Waals surface area contributed by atoms with Crippen LogP contribution in [0.2, 0.25) is 10.0 Å². The van der Waals surface area contributed by atoms with Gasteiger partial charge in [0.05, 0.1) is 22.7 Å². The number of hydrogen-bond donors (Lipinski definition) is 2. The lowest BCUT2D eigenvalue weighted by atomic mass is 10.0. The molecule has 3 rings (SSSR count). The van der Waals surface area contributed by atoms with E-state index in [1.165, 1.54) is 18.2 Å². The Hall–Kier alpha value is -2.18. The van der Waals surface area contributed by atoms with Crippen LogP contribution >= 0.6 is 23.2 Å². The van der Waals surface area contributed by atoms with Gasteiger partial charge in [-0.05, 0) is 35.4 Å². The summed E-state index contributed by atoms with van der Waals surface area (Å²) in [5.41, 5.74) is 0.431. The van der Waals surface area contributed by atoms with Gasteiger partial charge in [-0.25, -0.2) is 0 Å². The molecule has 3 nitrogen and oxygen atoms in total. The molecule has 0 unspecified atom stereocenters. The number of benzene rings is 2. The summed E-state index contributed by atoms with van der Waals surface area (Å²) in [5.74, 6) is -1.12. The molecule has 0 fully saturated rings. The van der Waals surface area contributed by atoms with Gasteiger partial charge in [0, 0.05) is 15.9 Å². The predicted octanol–water partition coefficient (Wildman–Crippen LogP) is 5.79. The molecule has 25 heavy (non-hydrogen) atoms. The minimum Gasteiger partial charge on any atom is -0.481 e. The summed E-state index contributed by atoms with van der Waals surface area (Å²) in [6.07, 6.45) is -4.90. The third-order valence-corrected chi connectivity index (χ3v) is 4.24. The zero-order chi connectivity index (χ0) is 18.4. The van der Waals surface area contributed by atoms with Crippen LogP contribution in [0.15, 0.2) is 36.4 Å². The first-order chi connectivity index (χ1) is 11.7. The third-order valence-electron chi connectivity index (χ3n) is 3.72. The first kappa shape index (κ1) is 17.6. The summed E-state index contributed by atoms with van der Waals surface area (Å²) in [6.45, 7) is 0. The number of halogens is 5. The number of H-pyrrole nitrogens is 1. The second kappa shape index (κ2) is 6.28. The molecule has 0 aliphatic carbocycles. The van der Waals surface area contributed by atoms with E-state index in [0.717, 1.165) is 12.1 Å². The quantitative estimate of drug-likeness (QED) is 0.597. The molecular formula is C17H10Cl2F3NO2. The minimum atomic E-state index is -4.50. The maximum absolute atomic E-state index is 13.0. The van der Waals surface area contributed by atoms with Gasteiger partial charge < -0.3 is 10.1 Å². The summed E-state index contributed by atoms with van der Waals surface area (Å²) in [6, 6.07) is 7.66. The standard InChI is InChI=1S/C17H10Cl2F3NO2/c18-10-5-12(19)15-11(7-14(24)25)16(23-13(15)6-10)8-2-1-3-9(4-8)17(20,21)22/h1-6,23H,7H2,(H,24,25). The summed E-state index contributed by atoms with van der Waals surface area (Å²) < 4.78 is 38.9. The summed E-state index contributed by atoms with van der Waals surface area (Å²) in [5, 5.41) is 10.2. The fourth-order valence-corrected chi connectivity index (χ4v) is 3.35. The Labute approximate surface area is 150 Å². The lowest BCUT2D eigenvalue weighted by Gasteiger charge is -2.09. The van der Waals surface area contributed by atoms with Gasteiger partial charge in [0.25, 0.3) is 0 Å². The van der Waals surface area contributed by atoms with Crippen molar-refractivity contribution < 1.29 is 23.1 Å². The average molecular weight is 388 g/mol. The SMILES string of the molecule is O=C(O)Cc1c(-c2cccc(C(F)(F)F)c2)[nH]c2cc(Cl)cc(Cl)c12. The Morgan fingerprint density at radius 1 is 1.16 bits per heavy atom. The first-order valence-electron chi connectivity index (χ1n) is 7.06. The van der Waals surface area contributed by atoms with E-state index in [1.807, 2.05) is 0 Å². The highest BCUT2D eigenvalue weighted by atomic mass is 35.5. The topological polar surface area (TPSA) is 53.1 Å². The maximum Gasteiger partial charge on any atom is 0.416 e. The maximum atomic E-state index is 13.0. The molecule has 3 aromatic rings. The summed E-state index contributed by atoms with van der Waals surface area (Å²) >= 11 is 12.1. The number of carbonyl (C=O) groups is 1. The van der Waals surface area contributed by atoms with Gasteiger partial charge in [-0.3, -0.25) is 4.79 Å². The van der Waals surface area contributed by atoms with Crippen molar-refractivity contribution >= 4 is 40.1 Å². The molecule has 0 atom stereocenters. The Kier molecular flexibility index (Phi) is 4.43. The van der Waals surface area contributed by atoms with Crippen molar-refractivity contribution in [2.45, 2.75) is 12.6 Å². The molecule has 2 aromatic carbocycles. The molecule has 0 amide bonds. The number of rotatable bonds is 3. The number of aromatic amines is 1. The Bertz CT molecular complexity index is 980. The van der Waals surface area contributed by atoms with Crippen molar-refractivity contribution in [2.75, 3.05) is 0 Å². The zero-order valence-electron chi connectivity index (χ0n) is 12.4. The molecule has 0 saturated carbocycles. The van der Waals surface area contributed by atoms with E-state index in [1.54, 1.807) is 6.07 Å². The van der Waals surface area contributed by atoms with Gasteiger partial charge in [0.15, 0.2) is 0 Å². The number of hydrogen-bond acceptors (Lipinski definition) is 1. The van der Waals surface area contributed by atoms with Crippen molar-refractivity contribution in [3.05, 3.63) is 57.6 Å². The lowest BCUT2D eigenvalue weighted by molar-refractivity contribution is -0.138. The van der Waals surface area contributed by atoms with Crippen LogP contribution in [0.5, 0.6) is 0 Å². The molecular weight excluding hydrogens is 378 g/mol. The van der Waals surface area contributed by atoms with Crippen LogP contribution in [0.25, 0.3) is 22.2 Å². The number of fused-ring (bicyclic) bond motifs is 1. The van der Waals surface area contributed by atoms with Crippen LogP contribution in [0.4, 0.5) is 13.2 Å². The van der Waals surface area contributed by atoms with E-state index in [0.29, 0.717) is 21.5 Å². The molecule has 0 bridgehead atoms. The van der Waals surface area contributed by atoms with Crippen molar-refractivity contribution in [3.63, 3.8) is 0 Å². The molecule has 0 spiro atoms. The number of carboxylic acid groups (broad SMARTS) is 1. The molecule has 130 valence electrons. The predicted molar refractivity (Wildman–Crippen MR) is 90.1 cm³/mol. The molecule has 8 heteroatoms. The van der Waals surface area contributed by atoms with Gasteiger partial charge >= 0.3 is 12.1 Å². The molecule has 1 heterocycles. The van der Waals surface area contributed by atoms with Crippen molar-refractivity contribution in [1.82, 2.24) is 4.98 Å². The molecule has 0 radical (unpaired) electrons. The van der Waals surface area contributed by atoms with E-state index in [4.69, 9.17) is 23.2 Å². The van der Waals surface area contributed by atoms with Crippen molar-refractivity contribution in [2.24, 2.45) is 0 Å². The first-order valence-corrected chi connectivity index (χ1v) is 7.81. The highest BCUT2D eigenvalue weighted by Gasteiger charge is 2.31. The summed E-state index contributed by atoms with van der Waals surface area (Å²) in [4.78, 5) is 14.2. The highest BCUT2D eigenvalue weighted by molar-refractivity contribution is 6.39. The van der Waals surface area contributed by atoms with Crippen molar-refractivity contribution in [1.29, 1.82) is 0 Å². The molecule has 0 aliphatic rings. The number of aliphatic carboxylic acids is 1. The monoisotopic (exact) mass is 387 g/mol. The fraction of sp³-hybridized carbons (Fsp3) is 0.118. The molecule has 2 N–H and O–H groups in total. The molecule has 0 saturated heterocycles. The fourth-order valence-electron chi connectivity index (χ4n) is 2.74. The average Bonchev–Trinajstić information content (AvgIpc) is 2.84. The van der Waals surface area contributed by atoms with Crippen LogP contribution < -0.4 is 0 Å². The second-order valence-corrected chi connectivity index (χ2v) is 6.28. The Morgan fingerprint density at radius 3 is 2.52 bits per heavy atom. The van der Waals surface area contributed by atoms with E-state index >= 15 is 0 Å².